The van der Waals surface area contributed by atoms with Crippen LogP contribution >= 0.6 is 0 Å². The number of pyridine rings is 2. The van der Waals surface area contributed by atoms with E-state index in [-0.39, 0.29) is 0 Å². The number of amides is 1. The van der Waals surface area contributed by atoms with Gasteiger partial charge in [0.1, 0.15) is 0 Å². The second-order valence-electron chi connectivity index (χ2n) is 8.65. The van der Waals surface area contributed by atoms with E-state index in [9.17, 15) is 22.4 Å². The Kier molecular flexibility index (Phi) is 5.92. The highest BCUT2D eigenvalue weighted by molar-refractivity contribution is 6.04. The average molecular weight is 486 g/mol. The number of fused-ring (bicyclic) bond motifs is 3. The third-order valence-electron chi connectivity index (χ3n) is 6.41. The number of benzene rings is 1. The Bertz CT molecular complexity index is 1290. The lowest BCUT2D eigenvalue weighted by Gasteiger charge is -2.41. The van der Waals surface area contributed by atoms with Crippen LogP contribution in [-0.4, -0.2) is 41.7 Å². The fraction of sp³-hybridized carbons (Fsp3) is 0.320. The topological polar surface area (TPSA) is 67.4 Å². The summed E-state index contributed by atoms with van der Waals surface area (Å²) in [5.41, 5.74) is 2.53. The van der Waals surface area contributed by atoms with Crippen LogP contribution in [0.1, 0.15) is 33.7 Å². The van der Waals surface area contributed by atoms with E-state index in [4.69, 9.17) is 4.74 Å². The molecule has 182 valence electrons. The largest absolute Gasteiger partial charge is 0.436 e. The van der Waals surface area contributed by atoms with Crippen LogP contribution in [0.15, 0.2) is 42.7 Å². The normalized spacial score (nSPS) is 17.5. The molecule has 1 atom stereocenters. The first kappa shape index (κ1) is 23.2. The lowest BCUT2D eigenvalue weighted by molar-refractivity contribution is -0.143. The van der Waals surface area contributed by atoms with Crippen LogP contribution < -0.4 is 10.2 Å². The molecule has 35 heavy (non-hydrogen) atoms. The number of carbonyl (C=O) groups excluding carboxylic acids is 1. The summed E-state index contributed by atoms with van der Waals surface area (Å²) in [6.07, 6.45) is -0.602. The van der Waals surface area contributed by atoms with Gasteiger partial charge in [0, 0.05) is 30.2 Å². The van der Waals surface area contributed by atoms with E-state index < -0.39 is 29.2 Å². The number of aromatic nitrogens is 2. The summed E-state index contributed by atoms with van der Waals surface area (Å²) in [5, 5.41) is 2.50. The fourth-order valence-electron chi connectivity index (χ4n) is 4.61. The number of carbonyl (C=O) groups is 1. The molecule has 0 aliphatic carbocycles. The van der Waals surface area contributed by atoms with Crippen molar-refractivity contribution in [3.8, 4) is 11.1 Å². The maximum atomic E-state index is 14.4. The Morgan fingerprint density at radius 1 is 1.20 bits per heavy atom. The van der Waals surface area contributed by atoms with Crippen LogP contribution in [0.3, 0.4) is 0 Å². The Morgan fingerprint density at radius 2 is 2.03 bits per heavy atom. The minimum Gasteiger partial charge on any atom is -0.377 e. The molecule has 3 aromatic rings. The van der Waals surface area contributed by atoms with Gasteiger partial charge in [-0.25, -0.2) is 9.37 Å². The van der Waals surface area contributed by atoms with Gasteiger partial charge >= 0.3 is 6.18 Å². The van der Waals surface area contributed by atoms with Crippen LogP contribution in [-0.2, 0) is 17.3 Å². The summed E-state index contributed by atoms with van der Waals surface area (Å²) >= 11 is 0. The number of hydrogen-bond acceptors (Lipinski definition) is 5. The molecular formula is C25H22F4N4O2. The van der Waals surface area contributed by atoms with Gasteiger partial charge in [0.25, 0.3) is 5.91 Å². The van der Waals surface area contributed by atoms with Gasteiger partial charge in [0.2, 0.25) is 0 Å². The van der Waals surface area contributed by atoms with Gasteiger partial charge in [0.05, 0.1) is 36.2 Å². The van der Waals surface area contributed by atoms with Crippen LogP contribution in [0.4, 0.5) is 28.9 Å². The maximum Gasteiger partial charge on any atom is 0.436 e. The number of hydrogen-bond donors (Lipinski definition) is 1. The summed E-state index contributed by atoms with van der Waals surface area (Å²) in [6, 6.07) is 8.42. The number of halogens is 4. The van der Waals surface area contributed by atoms with Gasteiger partial charge in [-0.1, -0.05) is 6.07 Å². The number of nitrogens with one attached hydrogen (secondary N) is 1. The maximum absolute atomic E-state index is 14.4. The number of rotatable bonds is 3. The SMILES string of the molecule is Cc1ccc(NC(=O)c2ccnc(C(F)(F)F)c2F)cc1-c1cnc2c(c1)N1CCOC[C@H]1CC2. The third kappa shape index (κ3) is 4.45. The molecule has 0 radical (unpaired) electrons. The molecule has 0 bridgehead atoms. The van der Waals surface area contributed by atoms with Crippen molar-refractivity contribution in [3.63, 3.8) is 0 Å². The molecule has 4 heterocycles. The predicted molar refractivity (Wildman–Crippen MR) is 122 cm³/mol. The van der Waals surface area contributed by atoms with Crippen LogP contribution in [0.5, 0.6) is 0 Å². The van der Waals surface area contributed by atoms with E-state index in [0.29, 0.717) is 24.9 Å². The van der Waals surface area contributed by atoms with Crippen LogP contribution in [0.25, 0.3) is 11.1 Å². The molecule has 2 aliphatic rings. The highest BCUT2D eigenvalue weighted by Crippen LogP contribution is 2.36. The molecule has 0 saturated carbocycles. The van der Waals surface area contributed by atoms with E-state index in [2.05, 4.69) is 26.3 Å². The van der Waals surface area contributed by atoms with E-state index in [1.807, 2.05) is 6.92 Å². The molecule has 0 spiro atoms. The number of nitrogens with zero attached hydrogens (tertiary/aromatic N) is 3. The molecule has 5 rings (SSSR count). The third-order valence-corrected chi connectivity index (χ3v) is 6.41. The summed E-state index contributed by atoms with van der Waals surface area (Å²) < 4.78 is 58.9. The summed E-state index contributed by atoms with van der Waals surface area (Å²) in [4.78, 5) is 22.6. The molecule has 1 N–H and O–H groups in total. The molecule has 1 amide bonds. The summed E-state index contributed by atoms with van der Waals surface area (Å²) in [7, 11) is 0. The van der Waals surface area contributed by atoms with Crippen molar-refractivity contribution in [2.45, 2.75) is 32.0 Å². The fourth-order valence-corrected chi connectivity index (χ4v) is 4.61. The smallest absolute Gasteiger partial charge is 0.377 e. The second-order valence-corrected chi connectivity index (χ2v) is 8.65. The summed E-state index contributed by atoms with van der Waals surface area (Å²) in [6.45, 7) is 4.04. The van der Waals surface area contributed by atoms with Crippen LogP contribution in [0.2, 0.25) is 0 Å². The first-order valence-corrected chi connectivity index (χ1v) is 11.2. The minimum atomic E-state index is -5.00. The lowest BCUT2D eigenvalue weighted by Crippen LogP contribution is -2.48. The molecule has 2 aromatic heterocycles. The van der Waals surface area contributed by atoms with E-state index >= 15 is 0 Å². The number of ether oxygens (including phenoxy) is 1. The van der Waals surface area contributed by atoms with Crippen molar-refractivity contribution in [1.29, 1.82) is 0 Å². The monoisotopic (exact) mass is 486 g/mol. The Hall–Kier alpha value is -3.53. The molecular weight excluding hydrogens is 464 g/mol. The van der Waals surface area contributed by atoms with E-state index in [0.717, 1.165) is 59.7 Å². The zero-order chi connectivity index (χ0) is 24.7. The molecule has 1 fully saturated rings. The molecule has 10 heteroatoms. The van der Waals surface area contributed by atoms with Crippen molar-refractivity contribution in [2.75, 3.05) is 30.0 Å². The number of anilines is 2. The van der Waals surface area contributed by atoms with E-state index in [1.54, 1.807) is 24.4 Å². The van der Waals surface area contributed by atoms with Crippen molar-refractivity contribution in [1.82, 2.24) is 9.97 Å². The minimum absolute atomic E-state index is 0.317. The van der Waals surface area contributed by atoms with Crippen molar-refractivity contribution < 1.29 is 27.1 Å². The molecule has 6 nitrogen and oxygen atoms in total. The lowest BCUT2D eigenvalue weighted by atomic mass is 9.95. The number of alkyl halides is 3. The van der Waals surface area contributed by atoms with Crippen LogP contribution in [0, 0.1) is 12.7 Å². The first-order valence-electron chi connectivity index (χ1n) is 11.2. The zero-order valence-electron chi connectivity index (χ0n) is 18.8. The quantitative estimate of drug-likeness (QED) is 0.527. The zero-order valence-corrected chi connectivity index (χ0v) is 18.8. The molecule has 1 saturated heterocycles. The second kappa shape index (κ2) is 8.92. The van der Waals surface area contributed by atoms with Gasteiger partial charge in [-0.15, -0.1) is 0 Å². The average Bonchev–Trinajstić information content (AvgIpc) is 2.84. The van der Waals surface area contributed by atoms with Crippen molar-refractivity contribution >= 4 is 17.3 Å². The van der Waals surface area contributed by atoms with Crippen molar-refractivity contribution in [3.05, 3.63) is 71.1 Å². The highest BCUT2D eigenvalue weighted by atomic mass is 19.4. The number of aryl methyl sites for hydroxylation is 2. The highest BCUT2D eigenvalue weighted by Gasteiger charge is 2.38. The number of morpholine rings is 1. The predicted octanol–water partition coefficient (Wildman–Crippen LogP) is 5.01. The molecule has 2 aliphatic heterocycles. The van der Waals surface area contributed by atoms with Gasteiger partial charge in [-0.05, 0) is 55.2 Å². The van der Waals surface area contributed by atoms with Gasteiger partial charge in [-0.2, -0.15) is 13.2 Å². The standard InChI is InChI=1S/C25H22F4N4O2/c1-14-2-3-16(32-24(34)18-6-7-30-23(22(18)26)25(27,28)29)11-19(14)15-10-21-20(31-12-15)5-4-17-13-35-9-8-33(17)21/h2-3,6-7,10-12,17H,4-5,8-9,13H2,1H3,(H,32,34)/t17-/m1/s1. The molecule has 0 unspecified atom stereocenters. The van der Waals surface area contributed by atoms with Gasteiger partial charge in [-0.3, -0.25) is 9.78 Å². The van der Waals surface area contributed by atoms with Crippen molar-refractivity contribution in [2.24, 2.45) is 0 Å². The van der Waals surface area contributed by atoms with Gasteiger partial charge in [0.15, 0.2) is 11.5 Å². The first-order chi connectivity index (χ1) is 16.7. The summed E-state index contributed by atoms with van der Waals surface area (Å²) in [5.74, 6) is -2.70. The van der Waals surface area contributed by atoms with Gasteiger partial charge < -0.3 is 15.0 Å². The Balaban J connectivity index is 1.44. The Labute approximate surface area is 199 Å². The van der Waals surface area contributed by atoms with E-state index in [1.165, 1.54) is 0 Å². The Morgan fingerprint density at radius 3 is 2.83 bits per heavy atom. The molecule has 1 aromatic carbocycles.